The van der Waals surface area contributed by atoms with Crippen LogP contribution in [0.15, 0.2) is 48.5 Å². The molecular weight excluding hydrogens is 384 g/mol. The summed E-state index contributed by atoms with van der Waals surface area (Å²) < 4.78 is 5.17. The van der Waals surface area contributed by atoms with Crippen LogP contribution in [0.25, 0.3) is 0 Å². The van der Waals surface area contributed by atoms with Crippen LogP contribution in [0.4, 0.5) is 0 Å². The molecule has 0 bridgehead atoms. The molecule has 156 valence electrons. The second kappa shape index (κ2) is 11.5. The summed E-state index contributed by atoms with van der Waals surface area (Å²) in [6.45, 7) is 4.38. The van der Waals surface area contributed by atoms with Gasteiger partial charge in [0.2, 0.25) is 11.8 Å². The largest absolute Gasteiger partial charge is 0.497 e. The van der Waals surface area contributed by atoms with Crippen molar-refractivity contribution < 1.29 is 14.3 Å². The predicted octanol–water partition coefficient (Wildman–Crippen LogP) is 3.79. The van der Waals surface area contributed by atoms with Gasteiger partial charge in [0.05, 0.1) is 12.9 Å². The summed E-state index contributed by atoms with van der Waals surface area (Å²) in [4.78, 5) is 27.1. The van der Waals surface area contributed by atoms with E-state index in [0.717, 1.165) is 28.2 Å². The average Bonchev–Trinajstić information content (AvgIpc) is 2.73. The summed E-state index contributed by atoms with van der Waals surface area (Å²) in [6, 6.07) is 15.4. The molecule has 0 aliphatic rings. The van der Waals surface area contributed by atoms with Gasteiger partial charge >= 0.3 is 0 Å². The molecule has 0 saturated heterocycles. The quantitative estimate of drug-likeness (QED) is 0.643. The van der Waals surface area contributed by atoms with Gasteiger partial charge in [0.15, 0.2) is 0 Å². The Labute approximate surface area is 177 Å². The molecule has 0 saturated carbocycles. The first kappa shape index (κ1) is 22.8. The molecule has 0 radical (unpaired) electrons. The Hall–Kier alpha value is -2.47. The maximum Gasteiger partial charge on any atom is 0.242 e. The monoisotopic (exact) mass is 414 g/mol. The molecule has 6 heteroatoms. The summed E-state index contributed by atoms with van der Waals surface area (Å²) in [6.07, 6.45) is 0.570. The van der Waals surface area contributed by atoms with Gasteiger partial charge in [0, 0.05) is 19.3 Å². The Bertz CT molecular complexity index is 808. The number of aryl methyl sites for hydroxylation is 1. The van der Waals surface area contributed by atoms with Gasteiger partial charge in [-0.15, -0.1) is 11.8 Å². The second-order valence-corrected chi connectivity index (χ2v) is 7.88. The zero-order chi connectivity index (χ0) is 21.2. The van der Waals surface area contributed by atoms with E-state index in [2.05, 4.69) is 11.4 Å². The highest BCUT2D eigenvalue weighted by molar-refractivity contribution is 7.99. The minimum atomic E-state index is -0.477. The number of amides is 2. The zero-order valence-electron chi connectivity index (χ0n) is 17.6. The van der Waals surface area contributed by atoms with E-state index in [0.29, 0.717) is 18.7 Å². The number of rotatable bonds is 10. The number of likely N-dealkylation sites (N-methyl/N-ethyl adjacent to an activating group) is 1. The van der Waals surface area contributed by atoms with Crippen molar-refractivity contribution in [3.63, 3.8) is 0 Å². The Morgan fingerprint density at radius 1 is 1.14 bits per heavy atom. The summed E-state index contributed by atoms with van der Waals surface area (Å²) in [5, 5.41) is 2.69. The van der Waals surface area contributed by atoms with Crippen LogP contribution in [0.2, 0.25) is 0 Å². The van der Waals surface area contributed by atoms with E-state index in [1.165, 1.54) is 0 Å². The lowest BCUT2D eigenvalue weighted by Gasteiger charge is -2.30. The van der Waals surface area contributed by atoms with Gasteiger partial charge in [-0.3, -0.25) is 9.59 Å². The fourth-order valence-electron chi connectivity index (χ4n) is 3.15. The van der Waals surface area contributed by atoms with Crippen molar-refractivity contribution in [2.45, 2.75) is 38.6 Å². The van der Waals surface area contributed by atoms with Gasteiger partial charge in [-0.25, -0.2) is 0 Å². The molecule has 0 aliphatic carbocycles. The first-order chi connectivity index (χ1) is 14.0. The third kappa shape index (κ3) is 6.82. The topological polar surface area (TPSA) is 58.6 Å². The Morgan fingerprint density at radius 2 is 1.86 bits per heavy atom. The molecule has 0 aliphatic heterocycles. The summed E-state index contributed by atoms with van der Waals surface area (Å²) in [5.74, 6) is 1.71. The van der Waals surface area contributed by atoms with Gasteiger partial charge in [0.25, 0.3) is 0 Å². The number of hydrogen-bond acceptors (Lipinski definition) is 4. The number of nitrogens with zero attached hydrogens (tertiary/aromatic N) is 1. The molecule has 2 amide bonds. The first-order valence-corrected chi connectivity index (χ1v) is 10.9. The highest BCUT2D eigenvalue weighted by Gasteiger charge is 2.27. The summed E-state index contributed by atoms with van der Waals surface area (Å²) in [7, 11) is 3.25. The number of thioether (sulfide) groups is 1. The summed E-state index contributed by atoms with van der Waals surface area (Å²) in [5.41, 5.74) is 3.30. The standard InChI is InChI=1S/C23H30N2O3S/c1-5-21(23(27)24-3)25(14-19-8-6-7-17(2)13-19)22(26)16-29-15-18-9-11-20(28-4)12-10-18/h6-13,21H,5,14-16H2,1-4H3,(H,24,27)/t21-/m1/s1. The number of hydrogen-bond donors (Lipinski definition) is 1. The normalized spacial score (nSPS) is 11.6. The first-order valence-electron chi connectivity index (χ1n) is 9.75. The van der Waals surface area contributed by atoms with Crippen LogP contribution >= 0.6 is 11.8 Å². The predicted molar refractivity (Wildman–Crippen MR) is 119 cm³/mol. The van der Waals surface area contributed by atoms with E-state index in [4.69, 9.17) is 4.74 Å². The molecule has 2 aromatic carbocycles. The molecule has 2 rings (SSSR count). The molecule has 0 spiro atoms. The van der Waals surface area contributed by atoms with Crippen molar-refractivity contribution in [1.29, 1.82) is 0 Å². The van der Waals surface area contributed by atoms with Crippen LogP contribution in [0, 0.1) is 6.92 Å². The van der Waals surface area contributed by atoms with E-state index in [1.807, 2.05) is 56.3 Å². The van der Waals surface area contributed by atoms with Crippen LogP contribution in [0.1, 0.15) is 30.0 Å². The molecule has 2 aromatic rings. The number of nitrogens with one attached hydrogen (secondary N) is 1. The fourth-order valence-corrected chi connectivity index (χ4v) is 4.02. The molecule has 29 heavy (non-hydrogen) atoms. The number of methoxy groups -OCH3 is 1. The van der Waals surface area contributed by atoms with E-state index < -0.39 is 6.04 Å². The Morgan fingerprint density at radius 3 is 2.45 bits per heavy atom. The molecule has 0 aromatic heterocycles. The zero-order valence-corrected chi connectivity index (χ0v) is 18.4. The third-order valence-corrected chi connectivity index (χ3v) is 5.71. The van der Waals surface area contributed by atoms with Crippen LogP contribution < -0.4 is 10.1 Å². The molecular formula is C23H30N2O3S. The van der Waals surface area contributed by atoms with Crippen molar-refractivity contribution in [3.05, 3.63) is 65.2 Å². The summed E-state index contributed by atoms with van der Waals surface area (Å²) >= 11 is 1.55. The van der Waals surface area contributed by atoms with Crippen LogP contribution in [0.5, 0.6) is 5.75 Å². The maximum atomic E-state index is 13.0. The minimum absolute atomic E-state index is 0.0273. The number of carbonyl (C=O) groups excluding carboxylic acids is 2. The SMILES string of the molecule is CC[C@H](C(=O)NC)N(Cc1cccc(C)c1)C(=O)CSCc1ccc(OC)cc1. The molecule has 5 nitrogen and oxygen atoms in total. The number of ether oxygens (including phenoxy) is 1. The lowest BCUT2D eigenvalue weighted by atomic mass is 10.1. The van der Waals surface area contributed by atoms with Crippen LogP contribution in [-0.4, -0.2) is 42.7 Å². The van der Waals surface area contributed by atoms with Crippen LogP contribution in [-0.2, 0) is 21.9 Å². The average molecular weight is 415 g/mol. The Kier molecular flexibility index (Phi) is 9.06. The highest BCUT2D eigenvalue weighted by Crippen LogP contribution is 2.19. The van der Waals surface area contributed by atoms with E-state index >= 15 is 0 Å². The Balaban J connectivity index is 2.07. The molecule has 0 unspecified atom stereocenters. The van der Waals surface area contributed by atoms with Gasteiger partial charge in [0.1, 0.15) is 11.8 Å². The molecule has 0 fully saturated rings. The van der Waals surface area contributed by atoms with Crippen molar-refractivity contribution in [1.82, 2.24) is 10.2 Å². The van der Waals surface area contributed by atoms with Gasteiger partial charge in [-0.05, 0) is 36.6 Å². The lowest BCUT2D eigenvalue weighted by molar-refractivity contribution is -0.139. The van der Waals surface area contributed by atoms with Gasteiger partial charge in [-0.2, -0.15) is 0 Å². The van der Waals surface area contributed by atoms with Crippen molar-refractivity contribution >= 4 is 23.6 Å². The maximum absolute atomic E-state index is 13.0. The third-order valence-electron chi connectivity index (χ3n) is 4.72. The molecule has 0 heterocycles. The number of benzene rings is 2. The fraction of sp³-hybridized carbons (Fsp3) is 0.391. The van der Waals surface area contributed by atoms with E-state index in [-0.39, 0.29) is 11.8 Å². The molecule has 1 N–H and O–H groups in total. The van der Waals surface area contributed by atoms with Gasteiger partial charge in [-0.1, -0.05) is 48.9 Å². The molecule has 1 atom stereocenters. The highest BCUT2D eigenvalue weighted by atomic mass is 32.2. The van der Waals surface area contributed by atoms with Crippen molar-refractivity contribution in [2.75, 3.05) is 19.9 Å². The van der Waals surface area contributed by atoms with E-state index in [9.17, 15) is 9.59 Å². The minimum Gasteiger partial charge on any atom is -0.497 e. The lowest BCUT2D eigenvalue weighted by Crippen LogP contribution is -2.48. The van der Waals surface area contributed by atoms with Crippen molar-refractivity contribution in [3.8, 4) is 5.75 Å². The van der Waals surface area contributed by atoms with Gasteiger partial charge < -0.3 is 15.0 Å². The van der Waals surface area contributed by atoms with Crippen molar-refractivity contribution in [2.24, 2.45) is 0 Å². The van der Waals surface area contributed by atoms with E-state index in [1.54, 1.807) is 30.8 Å². The second-order valence-electron chi connectivity index (χ2n) is 6.89. The smallest absolute Gasteiger partial charge is 0.242 e. The van der Waals surface area contributed by atoms with Crippen LogP contribution in [0.3, 0.4) is 0 Å². The number of carbonyl (C=O) groups is 2.